The Hall–Kier alpha value is -0.240. The fourth-order valence-electron chi connectivity index (χ4n) is 0.868. The van der Waals surface area contributed by atoms with Crippen LogP contribution >= 0.6 is 11.6 Å². The van der Waals surface area contributed by atoms with Crippen LogP contribution in [0.25, 0.3) is 0 Å². The molecular weight excluding hydrogens is 140 g/mol. The third-order valence-corrected chi connectivity index (χ3v) is 1.90. The number of cyclic esters (lactones) is 1. The number of hydrogen-bond donors (Lipinski definition) is 0. The first-order chi connectivity index (χ1) is 4.33. The summed E-state index contributed by atoms with van der Waals surface area (Å²) >= 11 is 5.54. The van der Waals surface area contributed by atoms with Crippen molar-refractivity contribution in [3.63, 3.8) is 0 Å². The van der Waals surface area contributed by atoms with Crippen molar-refractivity contribution in [1.82, 2.24) is 0 Å². The molecular formula is C6H9ClO2. The van der Waals surface area contributed by atoms with Crippen LogP contribution in [0.15, 0.2) is 0 Å². The maximum Gasteiger partial charge on any atom is 0.306 e. The first kappa shape index (κ1) is 6.87. The molecule has 0 spiro atoms. The number of carbonyl (C=O) groups is 1. The summed E-state index contributed by atoms with van der Waals surface area (Å²) in [5, 5.41) is 0. The van der Waals surface area contributed by atoms with E-state index in [2.05, 4.69) is 0 Å². The molecule has 1 saturated heterocycles. The van der Waals surface area contributed by atoms with Gasteiger partial charge in [0.05, 0.1) is 6.61 Å². The maximum absolute atomic E-state index is 10.6. The Labute approximate surface area is 59.1 Å². The summed E-state index contributed by atoms with van der Waals surface area (Å²) in [5.41, 5.74) is 0. The van der Waals surface area contributed by atoms with Crippen LogP contribution in [0.4, 0.5) is 0 Å². The summed E-state index contributed by atoms with van der Waals surface area (Å²) in [6.45, 7) is 0.552. The molecule has 0 radical (unpaired) electrons. The number of esters is 1. The Morgan fingerprint density at radius 2 is 2.56 bits per heavy atom. The van der Waals surface area contributed by atoms with Gasteiger partial charge in [-0.1, -0.05) is 0 Å². The van der Waals surface area contributed by atoms with Crippen LogP contribution in [0, 0.1) is 5.92 Å². The number of hydrogen-bond acceptors (Lipinski definition) is 2. The van der Waals surface area contributed by atoms with Crippen molar-refractivity contribution in [3.8, 4) is 0 Å². The molecule has 2 nitrogen and oxygen atoms in total. The quantitative estimate of drug-likeness (QED) is 0.412. The molecule has 0 bridgehead atoms. The second-order valence-electron chi connectivity index (χ2n) is 2.23. The zero-order valence-electron chi connectivity index (χ0n) is 5.10. The lowest BCUT2D eigenvalue weighted by Gasteiger charge is -2.18. The number of halogens is 1. The van der Waals surface area contributed by atoms with E-state index in [-0.39, 0.29) is 5.97 Å². The van der Waals surface area contributed by atoms with Crippen molar-refractivity contribution in [3.05, 3.63) is 0 Å². The highest BCUT2D eigenvalue weighted by molar-refractivity contribution is 6.18. The van der Waals surface area contributed by atoms with E-state index in [9.17, 15) is 4.79 Å². The molecule has 1 rings (SSSR count). The molecule has 0 aromatic rings. The van der Waals surface area contributed by atoms with Gasteiger partial charge >= 0.3 is 5.97 Å². The molecule has 1 atom stereocenters. The van der Waals surface area contributed by atoms with Gasteiger partial charge in [-0.05, 0) is 12.3 Å². The van der Waals surface area contributed by atoms with E-state index in [1.165, 1.54) is 0 Å². The third kappa shape index (κ3) is 1.86. The minimum Gasteiger partial charge on any atom is -0.466 e. The molecule has 0 saturated carbocycles. The second-order valence-corrected chi connectivity index (χ2v) is 2.54. The van der Waals surface area contributed by atoms with Crippen LogP contribution < -0.4 is 0 Å². The predicted molar refractivity (Wildman–Crippen MR) is 34.4 cm³/mol. The lowest BCUT2D eigenvalue weighted by molar-refractivity contribution is -0.148. The molecule has 1 fully saturated rings. The molecule has 3 heteroatoms. The second kappa shape index (κ2) is 3.06. The molecule has 1 aliphatic heterocycles. The van der Waals surface area contributed by atoms with Gasteiger partial charge < -0.3 is 4.74 Å². The average molecular weight is 149 g/mol. The van der Waals surface area contributed by atoms with Gasteiger partial charge in [0.1, 0.15) is 0 Å². The van der Waals surface area contributed by atoms with Gasteiger partial charge in [-0.3, -0.25) is 4.79 Å². The Kier molecular flexibility index (Phi) is 2.34. The van der Waals surface area contributed by atoms with Crippen LogP contribution in [-0.4, -0.2) is 18.5 Å². The van der Waals surface area contributed by atoms with Gasteiger partial charge in [-0.25, -0.2) is 0 Å². The van der Waals surface area contributed by atoms with E-state index in [4.69, 9.17) is 16.3 Å². The fourth-order valence-corrected chi connectivity index (χ4v) is 1.13. The normalized spacial score (nSPS) is 27.7. The summed E-state index contributed by atoms with van der Waals surface area (Å²) in [5.74, 6) is 0.828. The largest absolute Gasteiger partial charge is 0.466 e. The van der Waals surface area contributed by atoms with Crippen molar-refractivity contribution < 1.29 is 9.53 Å². The number of rotatable bonds is 1. The van der Waals surface area contributed by atoms with Crippen LogP contribution in [0.5, 0.6) is 0 Å². The maximum atomic E-state index is 10.6. The Morgan fingerprint density at radius 1 is 1.78 bits per heavy atom. The monoisotopic (exact) mass is 148 g/mol. The van der Waals surface area contributed by atoms with Crippen molar-refractivity contribution in [2.24, 2.45) is 5.92 Å². The number of alkyl halides is 1. The van der Waals surface area contributed by atoms with E-state index in [1.54, 1.807) is 0 Å². The van der Waals surface area contributed by atoms with E-state index in [0.717, 1.165) is 6.42 Å². The highest BCUT2D eigenvalue weighted by Gasteiger charge is 2.18. The SMILES string of the molecule is O=C1C[C@H](CCl)CCO1. The van der Waals surface area contributed by atoms with Gasteiger partial charge in [0, 0.05) is 12.3 Å². The van der Waals surface area contributed by atoms with Crippen LogP contribution in [0.2, 0.25) is 0 Å². The highest BCUT2D eigenvalue weighted by atomic mass is 35.5. The molecule has 0 aromatic heterocycles. The first-order valence-electron chi connectivity index (χ1n) is 3.04. The van der Waals surface area contributed by atoms with E-state index < -0.39 is 0 Å². The van der Waals surface area contributed by atoms with Crippen molar-refractivity contribution in [1.29, 1.82) is 0 Å². The minimum atomic E-state index is -0.105. The third-order valence-electron chi connectivity index (χ3n) is 1.46. The van der Waals surface area contributed by atoms with Crippen molar-refractivity contribution in [2.45, 2.75) is 12.8 Å². The van der Waals surface area contributed by atoms with Crippen LogP contribution in [0.3, 0.4) is 0 Å². The Morgan fingerprint density at radius 3 is 3.00 bits per heavy atom. The van der Waals surface area contributed by atoms with Gasteiger partial charge in [0.25, 0.3) is 0 Å². The van der Waals surface area contributed by atoms with E-state index in [0.29, 0.717) is 24.8 Å². The zero-order chi connectivity index (χ0) is 6.69. The molecule has 0 amide bonds. The highest BCUT2D eigenvalue weighted by Crippen LogP contribution is 2.16. The lowest BCUT2D eigenvalue weighted by Crippen LogP contribution is -2.21. The molecule has 1 aliphatic rings. The Balaban J connectivity index is 2.32. The van der Waals surface area contributed by atoms with Crippen LogP contribution in [-0.2, 0) is 9.53 Å². The van der Waals surface area contributed by atoms with Gasteiger partial charge in [-0.2, -0.15) is 0 Å². The van der Waals surface area contributed by atoms with Crippen molar-refractivity contribution >= 4 is 17.6 Å². The molecule has 0 aliphatic carbocycles. The number of carbonyl (C=O) groups excluding carboxylic acids is 1. The average Bonchev–Trinajstić information content (AvgIpc) is 1.88. The zero-order valence-corrected chi connectivity index (χ0v) is 5.86. The van der Waals surface area contributed by atoms with Gasteiger partial charge in [0.2, 0.25) is 0 Å². The predicted octanol–water partition coefficient (Wildman–Crippen LogP) is 1.18. The summed E-state index contributed by atoms with van der Waals surface area (Å²) in [4.78, 5) is 10.6. The van der Waals surface area contributed by atoms with Gasteiger partial charge in [0.15, 0.2) is 0 Å². The molecule has 1 heterocycles. The molecule has 9 heavy (non-hydrogen) atoms. The topological polar surface area (TPSA) is 26.3 Å². The molecule has 52 valence electrons. The smallest absolute Gasteiger partial charge is 0.306 e. The fraction of sp³-hybridized carbons (Fsp3) is 0.833. The minimum absolute atomic E-state index is 0.105. The molecule has 0 N–H and O–H groups in total. The summed E-state index contributed by atoms with van der Waals surface area (Å²) in [6.07, 6.45) is 1.43. The van der Waals surface area contributed by atoms with Gasteiger partial charge in [-0.15, -0.1) is 11.6 Å². The first-order valence-corrected chi connectivity index (χ1v) is 3.58. The lowest BCUT2D eigenvalue weighted by atomic mass is 10.0. The van der Waals surface area contributed by atoms with Crippen molar-refractivity contribution in [2.75, 3.05) is 12.5 Å². The number of ether oxygens (including phenoxy) is 1. The van der Waals surface area contributed by atoms with Crippen LogP contribution in [0.1, 0.15) is 12.8 Å². The summed E-state index contributed by atoms with van der Waals surface area (Å²) < 4.78 is 4.71. The van der Waals surface area contributed by atoms with E-state index in [1.807, 2.05) is 0 Å². The summed E-state index contributed by atoms with van der Waals surface area (Å²) in [6, 6.07) is 0. The Bertz CT molecular complexity index is 114. The molecule has 0 unspecified atom stereocenters. The summed E-state index contributed by atoms with van der Waals surface area (Å²) in [7, 11) is 0. The standard InChI is InChI=1S/C6H9ClO2/c7-4-5-1-2-9-6(8)3-5/h5H,1-4H2/t5-/m1/s1. The molecule has 0 aromatic carbocycles. The van der Waals surface area contributed by atoms with E-state index >= 15 is 0 Å².